The minimum Gasteiger partial charge on any atom is -0.346 e. The molecule has 0 radical (unpaired) electrons. The first-order chi connectivity index (χ1) is 17.6. The maximum Gasteiger partial charge on any atom is 0.186 e. The Kier molecular flexibility index (Phi) is 7.23. The van der Waals surface area contributed by atoms with Crippen molar-refractivity contribution in [3.63, 3.8) is 0 Å². The predicted octanol–water partition coefficient (Wildman–Crippen LogP) is 6.66. The summed E-state index contributed by atoms with van der Waals surface area (Å²) < 4.78 is 37.9. The Hall–Kier alpha value is -1.71. The van der Waals surface area contributed by atoms with Crippen molar-refractivity contribution in [1.29, 1.82) is 0 Å². The lowest BCUT2D eigenvalue weighted by Gasteiger charge is -2.43. The van der Waals surface area contributed by atoms with Gasteiger partial charge in [0.05, 0.1) is 13.2 Å². The standard InChI is InChI=1S/C27H23Cl3O6/c28-18-10-4-1-7-15(18)25-31-13-21-23(35-25)24-22(34-27(33-21)17-9-3-6-12-20(17)30)14-32-26(36-24)16-8-2-5-11-19(16)29/h1-12,21-27H,13-14H2/t21-,22+,23-,24-,25?,26?,27?/m0/s1. The fraction of sp³-hybridized carbons (Fsp3) is 0.333. The molecule has 0 saturated carbocycles. The number of hydrogen-bond acceptors (Lipinski definition) is 6. The van der Waals surface area contributed by atoms with E-state index in [-0.39, 0.29) is 13.2 Å². The highest BCUT2D eigenvalue weighted by atomic mass is 35.5. The Labute approximate surface area is 223 Å². The van der Waals surface area contributed by atoms with Crippen LogP contribution in [-0.4, -0.2) is 37.6 Å². The lowest BCUT2D eigenvalue weighted by molar-refractivity contribution is -0.319. The highest BCUT2D eigenvalue weighted by Gasteiger charge is 2.51. The minimum absolute atomic E-state index is 0.245. The van der Waals surface area contributed by atoms with Gasteiger partial charge in [-0.15, -0.1) is 0 Å². The lowest BCUT2D eigenvalue weighted by Crippen LogP contribution is -2.55. The van der Waals surface area contributed by atoms with Crippen molar-refractivity contribution in [3.8, 4) is 0 Å². The number of fused-ring (bicyclic) bond motifs is 3. The first kappa shape index (κ1) is 24.6. The van der Waals surface area contributed by atoms with Gasteiger partial charge in [0.1, 0.15) is 24.4 Å². The Morgan fingerprint density at radius 1 is 0.472 bits per heavy atom. The third-order valence-electron chi connectivity index (χ3n) is 6.52. The molecule has 9 heteroatoms. The van der Waals surface area contributed by atoms with Gasteiger partial charge in [-0.3, -0.25) is 0 Å². The van der Waals surface area contributed by atoms with Gasteiger partial charge in [0.25, 0.3) is 0 Å². The van der Waals surface area contributed by atoms with Gasteiger partial charge >= 0.3 is 0 Å². The zero-order chi connectivity index (χ0) is 24.6. The number of benzene rings is 3. The van der Waals surface area contributed by atoms with E-state index in [0.29, 0.717) is 20.6 Å². The Bertz CT molecular complexity index is 1150. The molecule has 3 saturated heterocycles. The van der Waals surface area contributed by atoms with Crippen molar-refractivity contribution in [1.82, 2.24) is 0 Å². The van der Waals surface area contributed by atoms with E-state index >= 15 is 0 Å². The molecule has 6 nitrogen and oxygen atoms in total. The summed E-state index contributed by atoms with van der Waals surface area (Å²) in [5.74, 6) is 0. The Balaban J connectivity index is 1.34. The molecule has 3 aromatic carbocycles. The molecule has 7 atom stereocenters. The monoisotopic (exact) mass is 548 g/mol. The Morgan fingerprint density at radius 2 is 0.833 bits per heavy atom. The highest BCUT2D eigenvalue weighted by molar-refractivity contribution is 6.32. The molecule has 3 heterocycles. The van der Waals surface area contributed by atoms with E-state index in [4.69, 9.17) is 63.2 Å². The highest BCUT2D eigenvalue weighted by Crippen LogP contribution is 2.43. The lowest BCUT2D eigenvalue weighted by atomic mass is 10.0. The minimum atomic E-state index is -0.755. The van der Waals surface area contributed by atoms with Crippen LogP contribution in [-0.2, 0) is 28.4 Å². The van der Waals surface area contributed by atoms with Crippen LogP contribution in [0.4, 0.5) is 0 Å². The molecule has 0 bridgehead atoms. The smallest absolute Gasteiger partial charge is 0.186 e. The molecule has 3 aliphatic rings. The quantitative estimate of drug-likeness (QED) is 0.364. The van der Waals surface area contributed by atoms with E-state index in [1.165, 1.54) is 0 Å². The molecule has 188 valence electrons. The van der Waals surface area contributed by atoms with Crippen LogP contribution in [0.25, 0.3) is 0 Å². The third kappa shape index (κ3) is 4.78. The average molecular weight is 550 g/mol. The molecule has 6 rings (SSSR count). The summed E-state index contributed by atoms with van der Waals surface area (Å²) in [5, 5.41) is 1.65. The van der Waals surface area contributed by atoms with Gasteiger partial charge in [-0.25, -0.2) is 0 Å². The van der Waals surface area contributed by atoms with Crippen molar-refractivity contribution < 1.29 is 28.4 Å². The predicted molar refractivity (Wildman–Crippen MR) is 134 cm³/mol. The largest absolute Gasteiger partial charge is 0.346 e. The SMILES string of the molecule is Clc1ccccc1C1OC[C@@H]2OC(c3ccccc3Cl)O[C@@H]3COC(c4ccccc4Cl)O[C@@H]3[C@H]2O1. The Morgan fingerprint density at radius 3 is 1.22 bits per heavy atom. The van der Waals surface area contributed by atoms with Crippen molar-refractivity contribution >= 4 is 34.8 Å². The summed E-state index contributed by atoms with van der Waals surface area (Å²) in [6.07, 6.45) is -4.19. The molecule has 0 spiro atoms. The molecule has 3 fully saturated rings. The van der Waals surface area contributed by atoms with Crippen LogP contribution in [0.2, 0.25) is 15.1 Å². The van der Waals surface area contributed by atoms with Gasteiger partial charge in [-0.1, -0.05) is 89.4 Å². The zero-order valence-electron chi connectivity index (χ0n) is 19.0. The van der Waals surface area contributed by atoms with Gasteiger partial charge in [-0.05, 0) is 18.2 Å². The summed E-state index contributed by atoms with van der Waals surface area (Å²) in [4.78, 5) is 0. The summed E-state index contributed by atoms with van der Waals surface area (Å²) in [7, 11) is 0. The van der Waals surface area contributed by atoms with Crippen LogP contribution >= 0.6 is 34.8 Å². The van der Waals surface area contributed by atoms with Crippen LogP contribution in [0.15, 0.2) is 72.8 Å². The van der Waals surface area contributed by atoms with Gasteiger partial charge in [0, 0.05) is 31.8 Å². The van der Waals surface area contributed by atoms with Gasteiger partial charge in [0.2, 0.25) is 0 Å². The number of ether oxygens (including phenoxy) is 6. The topological polar surface area (TPSA) is 55.4 Å². The second-order valence-electron chi connectivity index (χ2n) is 8.78. The van der Waals surface area contributed by atoms with Crippen LogP contribution in [0.1, 0.15) is 35.6 Å². The normalized spacial score (nSPS) is 32.2. The van der Waals surface area contributed by atoms with E-state index < -0.39 is 43.3 Å². The van der Waals surface area contributed by atoms with Crippen molar-refractivity contribution in [2.24, 2.45) is 0 Å². The van der Waals surface area contributed by atoms with Crippen molar-refractivity contribution in [3.05, 3.63) is 105 Å². The van der Waals surface area contributed by atoms with Crippen LogP contribution in [0.3, 0.4) is 0 Å². The second-order valence-corrected chi connectivity index (χ2v) is 10.00. The molecule has 0 N–H and O–H groups in total. The third-order valence-corrected chi connectivity index (χ3v) is 7.55. The summed E-state index contributed by atoms with van der Waals surface area (Å²) >= 11 is 19.4. The first-order valence-electron chi connectivity index (χ1n) is 11.7. The van der Waals surface area contributed by atoms with Crippen LogP contribution in [0.5, 0.6) is 0 Å². The van der Waals surface area contributed by atoms with Crippen molar-refractivity contribution in [2.75, 3.05) is 13.2 Å². The van der Waals surface area contributed by atoms with Crippen molar-refractivity contribution in [2.45, 2.75) is 43.3 Å². The molecule has 0 aromatic heterocycles. The summed E-state index contributed by atoms with van der Waals surface area (Å²) in [6.45, 7) is 0.490. The number of halogens is 3. The van der Waals surface area contributed by atoms with E-state index in [1.807, 2.05) is 54.6 Å². The van der Waals surface area contributed by atoms with Gasteiger partial charge in [-0.2, -0.15) is 0 Å². The molecule has 36 heavy (non-hydrogen) atoms. The zero-order valence-corrected chi connectivity index (χ0v) is 21.2. The van der Waals surface area contributed by atoms with E-state index in [0.717, 1.165) is 11.1 Å². The number of hydrogen-bond donors (Lipinski definition) is 0. The van der Waals surface area contributed by atoms with Gasteiger partial charge < -0.3 is 28.4 Å². The van der Waals surface area contributed by atoms with Crippen LogP contribution in [0, 0.1) is 0 Å². The second kappa shape index (κ2) is 10.6. The maximum absolute atomic E-state index is 6.49. The molecular formula is C27H23Cl3O6. The van der Waals surface area contributed by atoms with Gasteiger partial charge in [0.15, 0.2) is 18.9 Å². The summed E-state index contributed by atoms with van der Waals surface area (Å²) in [5.41, 5.74) is 2.17. The maximum atomic E-state index is 6.49. The molecule has 0 amide bonds. The molecule has 0 aliphatic carbocycles. The first-order valence-corrected chi connectivity index (χ1v) is 12.8. The summed E-state index contributed by atoms with van der Waals surface area (Å²) in [6, 6.07) is 22.3. The van der Waals surface area contributed by atoms with E-state index in [2.05, 4.69) is 0 Å². The molecule has 3 unspecified atom stereocenters. The van der Waals surface area contributed by atoms with E-state index in [9.17, 15) is 0 Å². The number of rotatable bonds is 3. The fourth-order valence-electron chi connectivity index (χ4n) is 4.73. The average Bonchev–Trinajstić information content (AvgIpc) is 3.05. The fourth-order valence-corrected chi connectivity index (χ4v) is 5.40. The molecule has 3 aliphatic heterocycles. The van der Waals surface area contributed by atoms with E-state index in [1.54, 1.807) is 18.2 Å². The molecule has 3 aromatic rings. The molecular weight excluding hydrogens is 527 g/mol. The van der Waals surface area contributed by atoms with Crippen LogP contribution < -0.4 is 0 Å².